The Kier molecular flexibility index (Phi) is 8.59. The average molecular weight is 274 g/mol. The molecular formula is C13H20ClNO3. The molecule has 0 saturated heterocycles. The zero-order valence-corrected chi connectivity index (χ0v) is 11.4. The number of benzene rings is 1. The Hall–Kier alpha value is -0.810. The van der Waals surface area contributed by atoms with Crippen LogP contribution >= 0.6 is 11.6 Å². The third-order valence-electron chi connectivity index (χ3n) is 2.20. The van der Waals surface area contributed by atoms with Crippen molar-refractivity contribution in [1.82, 2.24) is 0 Å². The Morgan fingerprint density at radius 1 is 1.06 bits per heavy atom. The molecule has 18 heavy (non-hydrogen) atoms. The van der Waals surface area contributed by atoms with E-state index in [1.165, 1.54) is 0 Å². The van der Waals surface area contributed by atoms with Crippen molar-refractivity contribution in [2.45, 2.75) is 0 Å². The van der Waals surface area contributed by atoms with Gasteiger partial charge in [-0.1, -0.05) is 17.7 Å². The molecule has 4 nitrogen and oxygen atoms in total. The molecule has 5 heteroatoms. The van der Waals surface area contributed by atoms with E-state index in [1.54, 1.807) is 7.11 Å². The Morgan fingerprint density at radius 2 is 1.78 bits per heavy atom. The van der Waals surface area contributed by atoms with Crippen molar-refractivity contribution in [3.63, 3.8) is 0 Å². The summed E-state index contributed by atoms with van der Waals surface area (Å²) in [5.74, 6) is 0. The van der Waals surface area contributed by atoms with Crippen LogP contribution in [0.2, 0.25) is 5.02 Å². The van der Waals surface area contributed by atoms with Crippen LogP contribution in [-0.4, -0.2) is 46.7 Å². The molecule has 1 aromatic rings. The summed E-state index contributed by atoms with van der Waals surface area (Å²) in [6.45, 7) is 3.82. The Balaban J connectivity index is 1.92. The zero-order chi connectivity index (χ0) is 13.1. The fourth-order valence-electron chi connectivity index (χ4n) is 1.33. The summed E-state index contributed by atoms with van der Waals surface area (Å²) < 4.78 is 15.5. The molecule has 0 aliphatic heterocycles. The summed E-state index contributed by atoms with van der Waals surface area (Å²) in [5.41, 5.74) is 1.00. The van der Waals surface area contributed by atoms with Crippen LogP contribution in [0.15, 0.2) is 24.3 Å². The van der Waals surface area contributed by atoms with Crippen molar-refractivity contribution in [2.75, 3.05) is 52.0 Å². The fourth-order valence-corrected chi connectivity index (χ4v) is 1.52. The lowest BCUT2D eigenvalue weighted by Crippen LogP contribution is -2.13. The number of methoxy groups -OCH3 is 1. The van der Waals surface area contributed by atoms with Crippen molar-refractivity contribution in [3.05, 3.63) is 29.3 Å². The van der Waals surface area contributed by atoms with E-state index in [9.17, 15) is 0 Å². The molecule has 0 heterocycles. The van der Waals surface area contributed by atoms with Crippen LogP contribution in [0.25, 0.3) is 0 Å². The molecule has 0 aromatic heterocycles. The fraction of sp³-hybridized carbons (Fsp3) is 0.538. The van der Waals surface area contributed by atoms with Gasteiger partial charge in [0.2, 0.25) is 0 Å². The monoisotopic (exact) mass is 273 g/mol. The highest BCUT2D eigenvalue weighted by atomic mass is 35.5. The van der Waals surface area contributed by atoms with Gasteiger partial charge in [0.25, 0.3) is 0 Å². The van der Waals surface area contributed by atoms with E-state index in [0.717, 1.165) is 17.3 Å². The predicted octanol–water partition coefficient (Wildman–Crippen LogP) is 2.43. The normalized spacial score (nSPS) is 10.6. The third-order valence-corrected chi connectivity index (χ3v) is 2.44. The minimum atomic E-state index is 0.598. The van der Waals surface area contributed by atoms with Crippen molar-refractivity contribution in [2.24, 2.45) is 0 Å². The molecule has 0 atom stereocenters. The van der Waals surface area contributed by atoms with E-state index in [2.05, 4.69) is 5.32 Å². The van der Waals surface area contributed by atoms with Gasteiger partial charge in [-0.25, -0.2) is 0 Å². The van der Waals surface area contributed by atoms with E-state index in [1.807, 2.05) is 24.3 Å². The molecule has 1 aromatic carbocycles. The molecule has 0 bridgehead atoms. The Bertz CT molecular complexity index is 323. The molecule has 0 amide bonds. The summed E-state index contributed by atoms with van der Waals surface area (Å²) in [5, 5.41) is 3.96. The Morgan fingerprint density at radius 3 is 2.50 bits per heavy atom. The lowest BCUT2D eigenvalue weighted by atomic mass is 10.3. The first kappa shape index (κ1) is 15.2. The maximum absolute atomic E-state index is 5.87. The predicted molar refractivity (Wildman–Crippen MR) is 73.5 cm³/mol. The molecule has 1 rings (SSSR count). The van der Waals surface area contributed by atoms with Gasteiger partial charge in [-0.2, -0.15) is 0 Å². The van der Waals surface area contributed by atoms with Crippen LogP contribution in [0, 0.1) is 0 Å². The van der Waals surface area contributed by atoms with E-state index in [4.69, 9.17) is 25.8 Å². The minimum Gasteiger partial charge on any atom is -0.383 e. The van der Waals surface area contributed by atoms with Crippen molar-refractivity contribution in [3.8, 4) is 0 Å². The highest BCUT2D eigenvalue weighted by Gasteiger charge is 1.93. The summed E-state index contributed by atoms with van der Waals surface area (Å²) >= 11 is 5.87. The molecule has 0 unspecified atom stereocenters. The first-order valence-corrected chi connectivity index (χ1v) is 6.34. The van der Waals surface area contributed by atoms with Crippen LogP contribution < -0.4 is 5.32 Å². The maximum atomic E-state index is 5.87. The van der Waals surface area contributed by atoms with Crippen molar-refractivity contribution >= 4 is 17.3 Å². The van der Waals surface area contributed by atoms with Gasteiger partial charge in [0, 0.05) is 24.4 Å². The minimum absolute atomic E-state index is 0.598. The van der Waals surface area contributed by atoms with Gasteiger partial charge in [0.1, 0.15) is 0 Å². The molecular weight excluding hydrogens is 254 g/mol. The van der Waals surface area contributed by atoms with Crippen LogP contribution in [-0.2, 0) is 14.2 Å². The van der Waals surface area contributed by atoms with Crippen LogP contribution in [0.4, 0.5) is 5.69 Å². The van der Waals surface area contributed by atoms with Crippen LogP contribution in [0.3, 0.4) is 0 Å². The molecule has 0 aliphatic rings. The van der Waals surface area contributed by atoms with Gasteiger partial charge in [-0.05, 0) is 18.2 Å². The number of ether oxygens (including phenoxy) is 3. The molecule has 1 N–H and O–H groups in total. The van der Waals surface area contributed by atoms with E-state index in [0.29, 0.717) is 33.0 Å². The van der Waals surface area contributed by atoms with Crippen LogP contribution in [0.5, 0.6) is 0 Å². The third kappa shape index (κ3) is 7.50. The number of hydrogen-bond donors (Lipinski definition) is 1. The second-order valence-corrected chi connectivity index (χ2v) is 4.09. The molecule has 0 saturated carbocycles. The molecule has 0 aliphatic carbocycles. The summed E-state index contributed by atoms with van der Waals surface area (Å²) in [6, 6.07) is 7.62. The van der Waals surface area contributed by atoms with E-state index < -0.39 is 0 Å². The number of nitrogens with one attached hydrogen (secondary N) is 1. The van der Waals surface area contributed by atoms with Gasteiger partial charge >= 0.3 is 0 Å². The molecule has 0 fully saturated rings. The standard InChI is InChI=1S/C13H20ClNO3/c1-16-7-8-18-10-9-17-6-5-15-13-4-2-3-12(14)11-13/h2-4,11,15H,5-10H2,1H3. The van der Waals surface area contributed by atoms with Crippen molar-refractivity contribution < 1.29 is 14.2 Å². The smallest absolute Gasteiger partial charge is 0.0701 e. The van der Waals surface area contributed by atoms with E-state index in [-0.39, 0.29) is 0 Å². The largest absolute Gasteiger partial charge is 0.383 e. The molecule has 102 valence electrons. The lowest BCUT2D eigenvalue weighted by Gasteiger charge is -2.08. The van der Waals surface area contributed by atoms with Gasteiger partial charge in [-0.15, -0.1) is 0 Å². The first-order chi connectivity index (χ1) is 8.83. The topological polar surface area (TPSA) is 39.7 Å². The lowest BCUT2D eigenvalue weighted by molar-refractivity contribution is 0.0272. The quantitative estimate of drug-likeness (QED) is 0.665. The summed E-state index contributed by atoms with van der Waals surface area (Å²) in [6.07, 6.45) is 0. The van der Waals surface area contributed by atoms with Gasteiger partial charge < -0.3 is 19.5 Å². The number of rotatable bonds is 10. The van der Waals surface area contributed by atoms with Gasteiger partial charge in [-0.3, -0.25) is 0 Å². The van der Waals surface area contributed by atoms with E-state index >= 15 is 0 Å². The van der Waals surface area contributed by atoms with Gasteiger partial charge in [0.05, 0.1) is 33.0 Å². The maximum Gasteiger partial charge on any atom is 0.0701 e. The highest BCUT2D eigenvalue weighted by molar-refractivity contribution is 6.30. The van der Waals surface area contributed by atoms with Crippen LogP contribution in [0.1, 0.15) is 0 Å². The number of halogens is 1. The number of anilines is 1. The Labute approximate surface area is 113 Å². The van der Waals surface area contributed by atoms with Crippen molar-refractivity contribution in [1.29, 1.82) is 0 Å². The highest BCUT2D eigenvalue weighted by Crippen LogP contribution is 2.14. The summed E-state index contributed by atoms with van der Waals surface area (Å²) in [4.78, 5) is 0. The SMILES string of the molecule is COCCOCCOCCNc1cccc(Cl)c1. The summed E-state index contributed by atoms with van der Waals surface area (Å²) in [7, 11) is 1.65. The average Bonchev–Trinajstić information content (AvgIpc) is 2.37. The first-order valence-electron chi connectivity index (χ1n) is 5.97. The van der Waals surface area contributed by atoms with Gasteiger partial charge in [0.15, 0.2) is 0 Å². The molecule has 0 spiro atoms. The number of hydrogen-bond acceptors (Lipinski definition) is 4. The second-order valence-electron chi connectivity index (χ2n) is 3.65. The zero-order valence-electron chi connectivity index (χ0n) is 10.7. The molecule has 0 radical (unpaired) electrons. The second kappa shape index (κ2) is 10.1.